The normalized spacial score (nSPS) is 11.3. The van der Waals surface area contributed by atoms with Crippen LogP contribution in [0.4, 0.5) is 0 Å². The Labute approximate surface area is 149 Å². The summed E-state index contributed by atoms with van der Waals surface area (Å²) in [4.78, 5) is 31.6. The van der Waals surface area contributed by atoms with Gasteiger partial charge in [-0.05, 0) is 18.6 Å². The molecular weight excluding hydrogens is 342 g/mol. The van der Waals surface area contributed by atoms with Gasteiger partial charge in [-0.15, -0.1) is 0 Å². The Morgan fingerprint density at radius 3 is 2.31 bits per heavy atom. The van der Waals surface area contributed by atoms with E-state index in [0.29, 0.717) is 0 Å². The summed E-state index contributed by atoms with van der Waals surface area (Å²) in [7, 11) is 2.87. The monoisotopic (exact) mass is 361 g/mol. The van der Waals surface area contributed by atoms with Crippen molar-refractivity contribution in [2.45, 2.75) is 19.4 Å². The maximum absolute atomic E-state index is 12.4. The Morgan fingerprint density at radius 1 is 1.15 bits per heavy atom. The molecule has 0 aliphatic heterocycles. The molecule has 1 aromatic carbocycles. The molecule has 9 heteroatoms. The summed E-state index contributed by atoms with van der Waals surface area (Å²) in [5, 5.41) is 11.5. The Morgan fingerprint density at radius 2 is 1.77 bits per heavy atom. The molecule has 9 nitrogen and oxygen atoms in total. The highest BCUT2D eigenvalue weighted by Crippen LogP contribution is 2.26. The van der Waals surface area contributed by atoms with Gasteiger partial charge in [0.05, 0.1) is 25.8 Å². The lowest BCUT2D eigenvalue weighted by atomic mass is 10.1. The van der Waals surface area contributed by atoms with Crippen LogP contribution in [0.1, 0.15) is 23.7 Å². The lowest BCUT2D eigenvalue weighted by Gasteiger charge is -2.14. The van der Waals surface area contributed by atoms with Crippen molar-refractivity contribution in [3.8, 4) is 23.5 Å². The van der Waals surface area contributed by atoms with Crippen LogP contribution in [0.25, 0.3) is 0 Å². The topological polar surface area (TPSA) is 120 Å². The molecule has 2 rings (SSSR count). The van der Waals surface area contributed by atoms with E-state index in [1.54, 1.807) is 25.1 Å². The molecule has 2 N–H and O–H groups in total. The fourth-order valence-corrected chi connectivity index (χ4v) is 2.05. The van der Waals surface area contributed by atoms with Crippen LogP contribution >= 0.6 is 0 Å². The number of ether oxygens (including phenoxy) is 3. The van der Waals surface area contributed by atoms with Gasteiger partial charge < -0.3 is 24.6 Å². The first kappa shape index (κ1) is 19.0. The molecule has 1 amide bonds. The lowest BCUT2D eigenvalue weighted by molar-refractivity contribution is -0.139. The maximum atomic E-state index is 12.4. The smallest absolute Gasteiger partial charge is 0.328 e. The first-order valence-electron chi connectivity index (χ1n) is 7.76. The molecule has 1 aromatic heterocycles. The Balaban J connectivity index is 2.29. The number of aromatic nitrogens is 2. The van der Waals surface area contributed by atoms with Crippen LogP contribution in [0.3, 0.4) is 0 Å². The zero-order chi connectivity index (χ0) is 19.1. The first-order chi connectivity index (χ1) is 12.5. The molecule has 0 saturated heterocycles. The molecule has 0 bridgehead atoms. The summed E-state index contributed by atoms with van der Waals surface area (Å²) < 4.78 is 15.7. The van der Waals surface area contributed by atoms with E-state index in [9.17, 15) is 9.59 Å². The van der Waals surface area contributed by atoms with Gasteiger partial charge in [-0.25, -0.2) is 4.79 Å². The number of nitrogens with one attached hydrogen (secondary N) is 1. The third-order valence-corrected chi connectivity index (χ3v) is 3.42. The van der Waals surface area contributed by atoms with Gasteiger partial charge in [-0.2, -0.15) is 9.97 Å². The standard InChI is InChI=1S/C17H19N3O6/c1-4-11(16(22)23)18-15(21)10-7-5-6-8-12(10)26-17-19-13(24-2)9-14(20-17)25-3/h5-9,11H,4H2,1-3H3,(H,18,21)(H,22,23)/t11-/m0/s1. The number of methoxy groups -OCH3 is 2. The quantitative estimate of drug-likeness (QED) is 0.731. The SMILES string of the molecule is CC[C@H](NC(=O)c1ccccc1Oc1nc(OC)cc(OC)n1)C(=O)O. The van der Waals surface area contributed by atoms with Gasteiger partial charge in [0.1, 0.15) is 11.8 Å². The summed E-state index contributed by atoms with van der Waals surface area (Å²) in [6.07, 6.45) is 0.250. The van der Waals surface area contributed by atoms with E-state index in [2.05, 4.69) is 15.3 Å². The molecule has 0 aliphatic carbocycles. The van der Waals surface area contributed by atoms with E-state index >= 15 is 0 Å². The van der Waals surface area contributed by atoms with Gasteiger partial charge in [-0.1, -0.05) is 19.1 Å². The van der Waals surface area contributed by atoms with Crippen LogP contribution in [0.15, 0.2) is 30.3 Å². The number of carbonyl (C=O) groups excluding carboxylic acids is 1. The largest absolute Gasteiger partial charge is 0.481 e. The van der Waals surface area contributed by atoms with Crippen LogP contribution in [-0.4, -0.2) is 47.2 Å². The molecule has 0 spiro atoms. The second-order valence-corrected chi connectivity index (χ2v) is 5.11. The third kappa shape index (κ3) is 4.59. The van der Waals surface area contributed by atoms with E-state index in [1.807, 2.05) is 0 Å². The highest BCUT2D eigenvalue weighted by atomic mass is 16.5. The first-order valence-corrected chi connectivity index (χ1v) is 7.76. The Bertz CT molecular complexity index is 774. The molecule has 1 atom stereocenters. The molecule has 0 radical (unpaired) electrons. The van der Waals surface area contributed by atoms with E-state index in [-0.39, 0.29) is 35.5 Å². The third-order valence-electron chi connectivity index (χ3n) is 3.42. The van der Waals surface area contributed by atoms with Crippen molar-refractivity contribution in [2.75, 3.05) is 14.2 Å². The molecule has 0 saturated carbocycles. The number of nitrogens with zero attached hydrogens (tertiary/aromatic N) is 2. The van der Waals surface area contributed by atoms with Crippen molar-refractivity contribution >= 4 is 11.9 Å². The van der Waals surface area contributed by atoms with E-state index in [1.165, 1.54) is 26.4 Å². The summed E-state index contributed by atoms with van der Waals surface area (Å²) in [6, 6.07) is 6.76. The molecule has 26 heavy (non-hydrogen) atoms. The van der Waals surface area contributed by atoms with Gasteiger partial charge in [-0.3, -0.25) is 4.79 Å². The highest BCUT2D eigenvalue weighted by molar-refractivity contribution is 5.98. The van der Waals surface area contributed by atoms with Crippen molar-refractivity contribution in [1.82, 2.24) is 15.3 Å². The molecule has 0 aliphatic rings. The Kier molecular flexibility index (Phi) is 6.31. The van der Waals surface area contributed by atoms with Crippen molar-refractivity contribution in [1.29, 1.82) is 0 Å². The van der Waals surface area contributed by atoms with Crippen LogP contribution in [-0.2, 0) is 4.79 Å². The number of benzene rings is 1. The van der Waals surface area contributed by atoms with E-state index in [4.69, 9.17) is 19.3 Å². The summed E-state index contributed by atoms with van der Waals surface area (Å²) in [6.45, 7) is 1.66. The second kappa shape index (κ2) is 8.65. The average Bonchev–Trinajstić information content (AvgIpc) is 2.65. The number of hydrogen-bond donors (Lipinski definition) is 2. The molecule has 0 unspecified atom stereocenters. The van der Waals surface area contributed by atoms with Crippen molar-refractivity contribution < 1.29 is 28.9 Å². The van der Waals surface area contributed by atoms with Crippen LogP contribution in [0.5, 0.6) is 23.5 Å². The van der Waals surface area contributed by atoms with Crippen molar-refractivity contribution in [3.05, 3.63) is 35.9 Å². The molecule has 0 fully saturated rings. The Hall–Kier alpha value is -3.36. The van der Waals surface area contributed by atoms with Gasteiger partial charge in [0, 0.05) is 0 Å². The number of carbonyl (C=O) groups is 2. The maximum Gasteiger partial charge on any atom is 0.328 e. The minimum atomic E-state index is -1.11. The predicted octanol–water partition coefficient (Wildman–Crippen LogP) is 1.88. The van der Waals surface area contributed by atoms with E-state index in [0.717, 1.165) is 0 Å². The average molecular weight is 361 g/mol. The van der Waals surface area contributed by atoms with Gasteiger partial charge in [0.15, 0.2) is 0 Å². The highest BCUT2D eigenvalue weighted by Gasteiger charge is 2.21. The number of rotatable bonds is 8. The molecule has 2 aromatic rings. The minimum absolute atomic E-state index is 0.0771. The fourth-order valence-electron chi connectivity index (χ4n) is 2.05. The number of amides is 1. The summed E-state index contributed by atoms with van der Waals surface area (Å²) in [5.41, 5.74) is 0.151. The number of aliphatic carboxylic acids is 1. The molecule has 138 valence electrons. The second-order valence-electron chi connectivity index (χ2n) is 5.11. The zero-order valence-corrected chi connectivity index (χ0v) is 14.6. The number of hydrogen-bond acceptors (Lipinski definition) is 7. The molecule has 1 heterocycles. The summed E-state index contributed by atoms with van der Waals surface area (Å²) in [5.74, 6) is -1.07. The van der Waals surface area contributed by atoms with Crippen LogP contribution < -0.4 is 19.5 Å². The number of para-hydroxylation sites is 1. The fraction of sp³-hybridized carbons (Fsp3) is 0.294. The van der Waals surface area contributed by atoms with Crippen LogP contribution in [0, 0.1) is 0 Å². The van der Waals surface area contributed by atoms with Gasteiger partial charge in [0.2, 0.25) is 11.8 Å². The zero-order valence-electron chi connectivity index (χ0n) is 14.6. The van der Waals surface area contributed by atoms with Crippen molar-refractivity contribution in [3.63, 3.8) is 0 Å². The predicted molar refractivity (Wildman–Crippen MR) is 90.8 cm³/mol. The minimum Gasteiger partial charge on any atom is -0.481 e. The van der Waals surface area contributed by atoms with Crippen molar-refractivity contribution in [2.24, 2.45) is 0 Å². The molecular formula is C17H19N3O6. The number of carboxylic acids is 1. The summed E-state index contributed by atoms with van der Waals surface area (Å²) >= 11 is 0. The number of carboxylic acid groups (broad SMARTS) is 1. The lowest BCUT2D eigenvalue weighted by Crippen LogP contribution is -2.40. The van der Waals surface area contributed by atoms with Crippen LogP contribution in [0.2, 0.25) is 0 Å². The van der Waals surface area contributed by atoms with E-state index < -0.39 is 17.9 Å². The van der Waals surface area contributed by atoms with Gasteiger partial charge >= 0.3 is 12.0 Å². The van der Waals surface area contributed by atoms with Gasteiger partial charge in [0.25, 0.3) is 5.91 Å².